The van der Waals surface area contributed by atoms with E-state index in [4.69, 9.17) is 19.4 Å². The third kappa shape index (κ3) is 6.52. The summed E-state index contributed by atoms with van der Waals surface area (Å²) in [6, 6.07) is 7.97. The molecule has 3 aromatic heterocycles. The number of hydrogen-bond donors (Lipinski definition) is 3. The van der Waals surface area contributed by atoms with Crippen LogP contribution in [0.15, 0.2) is 70.8 Å². The summed E-state index contributed by atoms with van der Waals surface area (Å²) in [6.45, 7) is 0.0570. The van der Waals surface area contributed by atoms with Crippen molar-refractivity contribution >= 4 is 35.0 Å². The zero-order chi connectivity index (χ0) is 34.8. The number of ether oxygens (including phenoxy) is 1. The fraction of sp³-hybridized carbons (Fsp3) is 0.400. The molecule has 0 spiro atoms. The summed E-state index contributed by atoms with van der Waals surface area (Å²) in [6.07, 6.45) is 10.7. The van der Waals surface area contributed by atoms with E-state index in [2.05, 4.69) is 15.6 Å². The molecule has 0 unspecified atom stereocenters. The smallest absolute Gasteiger partial charge is 0.330 e. The molecule has 2 aliphatic heterocycles. The highest BCUT2D eigenvalue weighted by molar-refractivity contribution is 7.13. The third-order valence-electron chi connectivity index (χ3n) is 9.64. The van der Waals surface area contributed by atoms with E-state index < -0.39 is 47.4 Å². The lowest BCUT2D eigenvalue weighted by Gasteiger charge is -2.29. The summed E-state index contributed by atoms with van der Waals surface area (Å²) in [4.78, 5) is 61.6. The number of nitrogens with one attached hydrogen (secondary N) is 2. The van der Waals surface area contributed by atoms with Gasteiger partial charge in [0.25, 0.3) is 5.91 Å². The van der Waals surface area contributed by atoms with Crippen molar-refractivity contribution in [1.82, 2.24) is 35.5 Å². The molecule has 15 heteroatoms. The first-order valence-electron chi connectivity index (χ1n) is 16.7. The lowest BCUT2D eigenvalue weighted by Crippen LogP contribution is -2.56. The second-order valence-electron chi connectivity index (χ2n) is 12.8. The van der Waals surface area contributed by atoms with Gasteiger partial charge in [0.2, 0.25) is 11.8 Å². The molecular weight excluding hydrogens is 662 g/mol. The molecule has 0 radical (unpaired) electrons. The number of carboxylic acid groups (broad SMARTS) is 1. The van der Waals surface area contributed by atoms with Crippen LogP contribution in [0.1, 0.15) is 61.5 Å². The molecule has 1 aromatic carbocycles. The van der Waals surface area contributed by atoms with Gasteiger partial charge in [0.05, 0.1) is 19.4 Å². The van der Waals surface area contributed by atoms with Gasteiger partial charge in [-0.2, -0.15) is 9.90 Å². The van der Waals surface area contributed by atoms with E-state index in [1.807, 2.05) is 41.8 Å². The molecule has 4 aromatic rings. The van der Waals surface area contributed by atoms with Gasteiger partial charge in [0.1, 0.15) is 39.8 Å². The minimum atomic E-state index is -1.45. The third-order valence-corrected chi connectivity index (χ3v) is 10.4. The maximum absolute atomic E-state index is 14.4. The average molecular weight is 700 g/mol. The SMILES string of the molecule is COc1ccc(-c2nn([C@@H]3C[C@H]4C(=O)N[C@]5(C(=O)O)C[C@@H]5/C=C\CCCCC[C@H](NC(=O)c5ccco5)C(=O)N4C3)nc2-c2nccs2)cc1. The van der Waals surface area contributed by atoms with E-state index >= 15 is 0 Å². The number of rotatable bonds is 7. The van der Waals surface area contributed by atoms with Crippen molar-refractivity contribution in [2.75, 3.05) is 13.7 Å². The normalized spacial score (nSPS) is 26.1. The monoisotopic (exact) mass is 699 g/mol. The Hall–Kier alpha value is -5.31. The molecule has 50 heavy (non-hydrogen) atoms. The van der Waals surface area contributed by atoms with Crippen molar-refractivity contribution in [2.45, 2.75) is 68.6 Å². The number of fused-ring (bicyclic) bond motifs is 2. The number of methoxy groups -OCH3 is 1. The Kier molecular flexibility index (Phi) is 9.23. The van der Waals surface area contributed by atoms with Crippen molar-refractivity contribution < 1.29 is 33.4 Å². The van der Waals surface area contributed by atoms with E-state index in [-0.39, 0.29) is 31.1 Å². The minimum Gasteiger partial charge on any atom is -0.497 e. The predicted molar refractivity (Wildman–Crippen MR) is 181 cm³/mol. The van der Waals surface area contributed by atoms with Crippen LogP contribution in [0, 0.1) is 5.92 Å². The standard InChI is InChI=1S/C35H37N7O7S/c1-48-24-13-11-21(12-14-24)28-29(32-36-15-17-50-32)40-42(39-28)23-18-26-30(43)38-35(34(46)47)19-22(35)8-5-3-2-4-6-9-25(33(45)41(26)20-23)37-31(44)27-10-7-16-49-27/h5,7-8,10-17,22-23,25-26H,2-4,6,9,18-20H2,1H3,(H,37,44)(H,38,43)(H,46,47)/b8-5-/t22-,23+,25-,26-,35+/m0/s1. The van der Waals surface area contributed by atoms with E-state index in [0.29, 0.717) is 35.0 Å². The van der Waals surface area contributed by atoms with E-state index in [1.165, 1.54) is 33.4 Å². The fourth-order valence-electron chi connectivity index (χ4n) is 6.80. The molecule has 5 heterocycles. The summed E-state index contributed by atoms with van der Waals surface area (Å²) in [5.74, 6) is -2.28. The topological polar surface area (TPSA) is 182 Å². The molecule has 5 atom stereocenters. The highest BCUT2D eigenvalue weighted by Gasteiger charge is 2.61. The van der Waals surface area contributed by atoms with Crippen LogP contribution >= 0.6 is 11.3 Å². The van der Waals surface area contributed by atoms with Gasteiger partial charge in [-0.15, -0.1) is 16.4 Å². The van der Waals surface area contributed by atoms with Crippen molar-refractivity contribution in [3.05, 3.63) is 72.2 Å². The average Bonchev–Trinajstić information content (AvgIpc) is 3.77. The van der Waals surface area contributed by atoms with Gasteiger partial charge in [-0.05, 0) is 62.1 Å². The second-order valence-corrected chi connectivity index (χ2v) is 13.7. The largest absolute Gasteiger partial charge is 0.497 e. The molecular formula is C35H37N7O7S. The number of amides is 3. The van der Waals surface area contributed by atoms with Crippen LogP contribution in [0.5, 0.6) is 5.75 Å². The minimum absolute atomic E-state index is 0.0570. The Morgan fingerprint density at radius 1 is 1.12 bits per heavy atom. The van der Waals surface area contributed by atoms with Crippen LogP contribution < -0.4 is 15.4 Å². The fourth-order valence-corrected chi connectivity index (χ4v) is 7.42. The Balaban J connectivity index is 1.24. The van der Waals surface area contributed by atoms with Gasteiger partial charge in [-0.1, -0.05) is 25.0 Å². The number of carboxylic acids is 1. The quantitative estimate of drug-likeness (QED) is 0.238. The van der Waals surface area contributed by atoms with Crippen molar-refractivity contribution in [2.24, 2.45) is 5.92 Å². The first-order valence-corrected chi connectivity index (χ1v) is 17.5. The number of thiazole rings is 1. The number of aromatic nitrogens is 4. The number of carbonyl (C=O) groups excluding carboxylic acids is 3. The van der Waals surface area contributed by atoms with E-state index in [0.717, 1.165) is 24.8 Å². The Morgan fingerprint density at radius 3 is 2.66 bits per heavy atom. The Labute approximate surface area is 291 Å². The number of benzene rings is 1. The van der Waals surface area contributed by atoms with Crippen LogP contribution in [0.2, 0.25) is 0 Å². The van der Waals surface area contributed by atoms with Gasteiger partial charge in [0, 0.05) is 36.0 Å². The van der Waals surface area contributed by atoms with Crippen LogP contribution in [-0.2, 0) is 14.4 Å². The molecule has 14 nitrogen and oxygen atoms in total. The lowest BCUT2D eigenvalue weighted by molar-refractivity contribution is -0.145. The van der Waals surface area contributed by atoms with Crippen molar-refractivity contribution in [3.63, 3.8) is 0 Å². The summed E-state index contributed by atoms with van der Waals surface area (Å²) in [5.41, 5.74) is 0.452. The molecule has 0 bridgehead atoms. The number of nitrogens with zero attached hydrogens (tertiary/aromatic N) is 5. The second kappa shape index (κ2) is 13.9. The van der Waals surface area contributed by atoms with Gasteiger partial charge < -0.3 is 29.8 Å². The first kappa shape index (κ1) is 33.2. The number of allylic oxidation sites excluding steroid dienone is 1. The highest BCUT2D eigenvalue weighted by atomic mass is 32.1. The summed E-state index contributed by atoms with van der Waals surface area (Å²) >= 11 is 1.41. The van der Waals surface area contributed by atoms with Gasteiger partial charge in [0.15, 0.2) is 5.76 Å². The van der Waals surface area contributed by atoms with Crippen LogP contribution in [0.25, 0.3) is 22.0 Å². The molecule has 2 fully saturated rings. The molecule has 3 amide bonds. The van der Waals surface area contributed by atoms with Gasteiger partial charge in [-0.25, -0.2) is 9.78 Å². The van der Waals surface area contributed by atoms with Gasteiger partial charge >= 0.3 is 5.97 Å². The maximum Gasteiger partial charge on any atom is 0.330 e. The summed E-state index contributed by atoms with van der Waals surface area (Å²) < 4.78 is 10.6. The molecule has 1 saturated heterocycles. The van der Waals surface area contributed by atoms with Crippen LogP contribution in [-0.4, -0.2) is 85.0 Å². The number of carbonyl (C=O) groups is 4. The molecule has 7 rings (SSSR count). The highest BCUT2D eigenvalue weighted by Crippen LogP contribution is 2.46. The molecule has 1 aliphatic carbocycles. The predicted octanol–water partition coefficient (Wildman–Crippen LogP) is 4.09. The molecule has 1 saturated carbocycles. The molecule has 260 valence electrons. The van der Waals surface area contributed by atoms with Crippen molar-refractivity contribution in [1.29, 1.82) is 0 Å². The van der Waals surface area contributed by atoms with E-state index in [9.17, 15) is 24.3 Å². The number of hydrogen-bond acceptors (Lipinski definition) is 10. The maximum atomic E-state index is 14.4. The number of aliphatic carboxylic acids is 1. The van der Waals surface area contributed by atoms with Crippen molar-refractivity contribution in [3.8, 4) is 27.7 Å². The summed E-state index contributed by atoms with van der Waals surface area (Å²) in [7, 11) is 1.59. The van der Waals surface area contributed by atoms with E-state index in [1.54, 1.807) is 19.4 Å². The number of furan rings is 1. The van der Waals surface area contributed by atoms with Crippen LogP contribution in [0.3, 0.4) is 0 Å². The zero-order valence-electron chi connectivity index (χ0n) is 27.4. The Morgan fingerprint density at radius 2 is 1.94 bits per heavy atom. The Bertz CT molecular complexity index is 1890. The van der Waals surface area contributed by atoms with Crippen LogP contribution in [0.4, 0.5) is 0 Å². The molecule has 3 aliphatic rings. The first-order chi connectivity index (χ1) is 24.3. The lowest BCUT2D eigenvalue weighted by atomic mass is 10.0. The molecule has 3 N–H and O–H groups in total. The zero-order valence-corrected chi connectivity index (χ0v) is 28.2. The summed E-state index contributed by atoms with van der Waals surface area (Å²) in [5, 5.41) is 28.0. The van der Waals surface area contributed by atoms with Gasteiger partial charge in [-0.3, -0.25) is 14.4 Å².